The molecule has 102 valence electrons. The molecule has 0 atom stereocenters. The van der Waals surface area contributed by atoms with Gasteiger partial charge in [-0.1, -0.05) is 6.92 Å². The molecule has 2 rings (SSSR count). The summed E-state index contributed by atoms with van der Waals surface area (Å²) < 4.78 is 13.0. The van der Waals surface area contributed by atoms with Crippen LogP contribution in [0.15, 0.2) is 30.6 Å². The predicted molar refractivity (Wildman–Crippen MR) is 74.6 cm³/mol. The lowest BCUT2D eigenvalue weighted by molar-refractivity contribution is 0.338. The van der Waals surface area contributed by atoms with Gasteiger partial charge in [0, 0.05) is 30.4 Å². The third kappa shape index (κ3) is 3.64. The highest BCUT2D eigenvalue weighted by Gasteiger charge is 2.04. The lowest BCUT2D eigenvalue weighted by Gasteiger charge is -2.08. The van der Waals surface area contributed by atoms with E-state index >= 15 is 0 Å². The number of hydrogen-bond acceptors (Lipinski definition) is 4. The molecular formula is C14H19N3O2. The van der Waals surface area contributed by atoms with E-state index < -0.39 is 0 Å². The smallest absolute Gasteiger partial charge is 0.165 e. The molecule has 1 aromatic heterocycles. The molecule has 5 nitrogen and oxygen atoms in total. The summed E-state index contributed by atoms with van der Waals surface area (Å²) in [5, 5.41) is 4.21. The molecule has 0 fully saturated rings. The third-order valence-corrected chi connectivity index (χ3v) is 2.51. The van der Waals surface area contributed by atoms with E-state index in [1.165, 1.54) is 0 Å². The van der Waals surface area contributed by atoms with Gasteiger partial charge in [-0.05, 0) is 13.3 Å². The maximum atomic E-state index is 5.82. The zero-order valence-electron chi connectivity index (χ0n) is 11.3. The highest BCUT2D eigenvalue weighted by atomic mass is 16.5. The van der Waals surface area contributed by atoms with Crippen molar-refractivity contribution in [1.82, 2.24) is 9.78 Å². The lowest BCUT2D eigenvalue weighted by atomic mass is 10.3. The van der Waals surface area contributed by atoms with Gasteiger partial charge >= 0.3 is 0 Å². The molecule has 0 spiro atoms. The molecule has 0 aliphatic heterocycles. The van der Waals surface area contributed by atoms with Crippen LogP contribution in [0.5, 0.6) is 17.2 Å². The number of aromatic nitrogens is 2. The maximum absolute atomic E-state index is 5.82. The molecular weight excluding hydrogens is 242 g/mol. The Morgan fingerprint density at radius 1 is 1.16 bits per heavy atom. The molecule has 0 bridgehead atoms. The van der Waals surface area contributed by atoms with Crippen molar-refractivity contribution >= 4 is 5.69 Å². The van der Waals surface area contributed by atoms with E-state index in [4.69, 9.17) is 15.2 Å². The van der Waals surface area contributed by atoms with E-state index in [2.05, 4.69) is 12.0 Å². The first kappa shape index (κ1) is 13.3. The van der Waals surface area contributed by atoms with Gasteiger partial charge in [-0.25, -0.2) is 0 Å². The number of ether oxygens (including phenoxy) is 2. The van der Waals surface area contributed by atoms with Crippen molar-refractivity contribution in [3.05, 3.63) is 30.6 Å². The topological polar surface area (TPSA) is 62.3 Å². The molecule has 0 radical (unpaired) electrons. The van der Waals surface area contributed by atoms with E-state index in [0.717, 1.165) is 13.0 Å². The van der Waals surface area contributed by atoms with Crippen molar-refractivity contribution in [1.29, 1.82) is 0 Å². The van der Waals surface area contributed by atoms with E-state index in [1.807, 2.05) is 23.9 Å². The standard InChI is InChI=1S/C14H19N3O2/c1-3-5-17-10-14(9-16-17)19-13-7-11(15)6-12(8-13)18-4-2/h6-10H,3-5,15H2,1-2H3. The van der Waals surface area contributed by atoms with Crippen molar-refractivity contribution in [2.45, 2.75) is 26.8 Å². The van der Waals surface area contributed by atoms with E-state index in [0.29, 0.717) is 29.5 Å². The van der Waals surface area contributed by atoms with Gasteiger partial charge in [-0.15, -0.1) is 0 Å². The Kier molecular flexibility index (Phi) is 4.28. The Morgan fingerprint density at radius 3 is 2.68 bits per heavy atom. The van der Waals surface area contributed by atoms with Crippen LogP contribution in [0.3, 0.4) is 0 Å². The Hall–Kier alpha value is -2.17. The molecule has 0 saturated carbocycles. The van der Waals surface area contributed by atoms with Gasteiger partial charge in [0.05, 0.1) is 19.0 Å². The van der Waals surface area contributed by atoms with Crippen molar-refractivity contribution in [3.8, 4) is 17.2 Å². The minimum atomic E-state index is 0.595. The molecule has 5 heteroatoms. The fraction of sp³-hybridized carbons (Fsp3) is 0.357. The van der Waals surface area contributed by atoms with Gasteiger partial charge in [0.2, 0.25) is 0 Å². The average Bonchev–Trinajstić information content (AvgIpc) is 2.76. The molecule has 0 aliphatic carbocycles. The predicted octanol–water partition coefficient (Wildman–Crippen LogP) is 3.07. The second-order valence-electron chi connectivity index (χ2n) is 4.21. The van der Waals surface area contributed by atoms with Crippen LogP contribution in [0, 0.1) is 0 Å². The molecule has 0 saturated heterocycles. The molecule has 1 heterocycles. The minimum absolute atomic E-state index is 0.595. The first-order chi connectivity index (χ1) is 9.21. The summed E-state index contributed by atoms with van der Waals surface area (Å²) in [6.45, 7) is 5.51. The summed E-state index contributed by atoms with van der Waals surface area (Å²) in [5.41, 5.74) is 6.43. The van der Waals surface area contributed by atoms with Gasteiger partial charge in [-0.3, -0.25) is 4.68 Å². The molecule has 1 aromatic carbocycles. The monoisotopic (exact) mass is 261 g/mol. The van der Waals surface area contributed by atoms with Crippen molar-refractivity contribution < 1.29 is 9.47 Å². The SMILES string of the molecule is CCCn1cc(Oc2cc(N)cc(OCC)c2)cn1. The number of rotatable bonds is 6. The Bertz CT molecular complexity index is 537. The first-order valence-electron chi connectivity index (χ1n) is 6.45. The van der Waals surface area contributed by atoms with Gasteiger partial charge in [0.1, 0.15) is 11.5 Å². The number of anilines is 1. The van der Waals surface area contributed by atoms with Gasteiger partial charge in [0.25, 0.3) is 0 Å². The lowest BCUT2D eigenvalue weighted by Crippen LogP contribution is -1.96. The number of nitrogens with two attached hydrogens (primary N) is 1. The van der Waals surface area contributed by atoms with E-state index in [9.17, 15) is 0 Å². The highest BCUT2D eigenvalue weighted by molar-refractivity contribution is 5.51. The normalized spacial score (nSPS) is 10.4. The summed E-state index contributed by atoms with van der Waals surface area (Å²) in [7, 11) is 0. The van der Waals surface area contributed by atoms with Crippen LogP contribution >= 0.6 is 0 Å². The molecule has 0 unspecified atom stereocenters. The van der Waals surface area contributed by atoms with Crippen LogP contribution < -0.4 is 15.2 Å². The second kappa shape index (κ2) is 6.13. The summed E-state index contributed by atoms with van der Waals surface area (Å²) in [5.74, 6) is 2.06. The number of hydrogen-bond donors (Lipinski definition) is 1. The fourth-order valence-corrected chi connectivity index (χ4v) is 1.79. The maximum Gasteiger partial charge on any atom is 0.165 e. The molecule has 2 N–H and O–H groups in total. The molecule has 0 amide bonds. The number of nitrogen functional groups attached to an aromatic ring is 1. The average molecular weight is 261 g/mol. The molecule has 19 heavy (non-hydrogen) atoms. The summed E-state index contributed by atoms with van der Waals surface area (Å²) in [6, 6.07) is 5.35. The minimum Gasteiger partial charge on any atom is -0.494 e. The van der Waals surface area contributed by atoms with Gasteiger partial charge in [0.15, 0.2) is 5.75 Å². The van der Waals surface area contributed by atoms with Crippen LogP contribution in [0.1, 0.15) is 20.3 Å². The highest BCUT2D eigenvalue weighted by Crippen LogP contribution is 2.28. The number of aryl methyl sites for hydroxylation is 1. The summed E-state index contributed by atoms with van der Waals surface area (Å²) >= 11 is 0. The zero-order chi connectivity index (χ0) is 13.7. The van der Waals surface area contributed by atoms with Crippen LogP contribution in [0.4, 0.5) is 5.69 Å². The summed E-state index contributed by atoms with van der Waals surface area (Å²) in [6.07, 6.45) is 4.60. The Morgan fingerprint density at radius 2 is 1.95 bits per heavy atom. The number of nitrogens with zero attached hydrogens (tertiary/aromatic N) is 2. The van der Waals surface area contributed by atoms with E-state index in [-0.39, 0.29) is 0 Å². The first-order valence-corrected chi connectivity index (χ1v) is 6.45. The Balaban J connectivity index is 2.12. The quantitative estimate of drug-likeness (QED) is 0.812. The van der Waals surface area contributed by atoms with Crippen LogP contribution in [0.2, 0.25) is 0 Å². The van der Waals surface area contributed by atoms with E-state index in [1.54, 1.807) is 18.3 Å². The largest absolute Gasteiger partial charge is 0.494 e. The van der Waals surface area contributed by atoms with Crippen molar-refractivity contribution in [3.63, 3.8) is 0 Å². The van der Waals surface area contributed by atoms with Crippen LogP contribution in [0.25, 0.3) is 0 Å². The zero-order valence-corrected chi connectivity index (χ0v) is 11.3. The van der Waals surface area contributed by atoms with Crippen LogP contribution in [-0.2, 0) is 6.54 Å². The van der Waals surface area contributed by atoms with Crippen molar-refractivity contribution in [2.75, 3.05) is 12.3 Å². The third-order valence-electron chi connectivity index (χ3n) is 2.51. The van der Waals surface area contributed by atoms with Gasteiger partial charge < -0.3 is 15.2 Å². The van der Waals surface area contributed by atoms with Gasteiger partial charge in [-0.2, -0.15) is 5.10 Å². The van der Waals surface area contributed by atoms with Crippen molar-refractivity contribution in [2.24, 2.45) is 0 Å². The number of benzene rings is 1. The molecule has 2 aromatic rings. The second-order valence-corrected chi connectivity index (χ2v) is 4.21. The fourth-order valence-electron chi connectivity index (χ4n) is 1.79. The summed E-state index contributed by atoms with van der Waals surface area (Å²) in [4.78, 5) is 0. The Labute approximate surface area is 112 Å². The van der Waals surface area contributed by atoms with Crippen LogP contribution in [-0.4, -0.2) is 16.4 Å². The molecule has 0 aliphatic rings.